The Morgan fingerprint density at radius 1 is 1.50 bits per heavy atom. The fourth-order valence-corrected chi connectivity index (χ4v) is 2.31. The number of methoxy groups -OCH3 is 1. The molecule has 1 aromatic carbocycles. The molecule has 0 aliphatic carbocycles. The molecule has 1 saturated heterocycles. The van der Waals surface area contributed by atoms with Crippen molar-refractivity contribution in [3.63, 3.8) is 0 Å². The molecule has 88 valence electrons. The summed E-state index contributed by atoms with van der Waals surface area (Å²) in [5.74, 6) is 0.713. The summed E-state index contributed by atoms with van der Waals surface area (Å²) < 4.78 is 10.5. The van der Waals surface area contributed by atoms with Crippen molar-refractivity contribution in [2.75, 3.05) is 33.9 Å². The monoisotopic (exact) mass is 241 g/mol. The number of ether oxygens (including phenoxy) is 2. The second-order valence-corrected chi connectivity index (χ2v) is 4.56. The molecule has 1 heterocycles. The van der Waals surface area contributed by atoms with Crippen molar-refractivity contribution >= 4 is 11.6 Å². The van der Waals surface area contributed by atoms with Gasteiger partial charge in [-0.1, -0.05) is 17.7 Å². The summed E-state index contributed by atoms with van der Waals surface area (Å²) in [6, 6.07) is 5.94. The molecule has 1 aromatic rings. The van der Waals surface area contributed by atoms with Crippen LogP contribution < -0.4 is 10.1 Å². The molecule has 1 aliphatic rings. The van der Waals surface area contributed by atoms with E-state index in [1.807, 2.05) is 19.2 Å². The Morgan fingerprint density at radius 3 is 2.69 bits per heavy atom. The van der Waals surface area contributed by atoms with Gasteiger partial charge in [0.05, 0.1) is 30.8 Å². The van der Waals surface area contributed by atoms with Crippen molar-refractivity contribution in [1.82, 2.24) is 5.32 Å². The summed E-state index contributed by atoms with van der Waals surface area (Å²) in [6.45, 7) is 2.39. The van der Waals surface area contributed by atoms with Crippen LogP contribution in [0.2, 0.25) is 5.02 Å². The zero-order valence-electron chi connectivity index (χ0n) is 9.55. The average molecular weight is 242 g/mol. The first-order valence-electron chi connectivity index (χ1n) is 5.28. The molecule has 0 spiro atoms. The topological polar surface area (TPSA) is 30.5 Å². The van der Waals surface area contributed by atoms with Crippen molar-refractivity contribution in [1.29, 1.82) is 0 Å². The van der Waals surface area contributed by atoms with Crippen LogP contribution in [-0.2, 0) is 10.2 Å². The van der Waals surface area contributed by atoms with Crippen molar-refractivity contribution < 1.29 is 9.47 Å². The van der Waals surface area contributed by atoms with Crippen LogP contribution in [0.5, 0.6) is 5.75 Å². The maximum atomic E-state index is 6.13. The molecule has 2 rings (SSSR count). The van der Waals surface area contributed by atoms with Crippen molar-refractivity contribution in [2.24, 2.45) is 0 Å². The van der Waals surface area contributed by atoms with Gasteiger partial charge in [0.15, 0.2) is 0 Å². The number of hydrogen-bond acceptors (Lipinski definition) is 3. The summed E-state index contributed by atoms with van der Waals surface area (Å²) in [5, 5.41) is 3.86. The van der Waals surface area contributed by atoms with Crippen LogP contribution in [0.15, 0.2) is 18.2 Å². The quantitative estimate of drug-likeness (QED) is 0.873. The largest absolute Gasteiger partial charge is 0.495 e. The fourth-order valence-electron chi connectivity index (χ4n) is 2.05. The molecule has 0 unspecified atom stereocenters. The molecule has 0 saturated carbocycles. The highest BCUT2D eigenvalue weighted by atomic mass is 35.5. The number of nitrogens with one attached hydrogen (secondary N) is 1. The smallest absolute Gasteiger partial charge is 0.137 e. The predicted octanol–water partition coefficient (Wildman–Crippen LogP) is 1.84. The highest BCUT2D eigenvalue weighted by Crippen LogP contribution is 2.35. The molecule has 16 heavy (non-hydrogen) atoms. The van der Waals surface area contributed by atoms with E-state index in [4.69, 9.17) is 21.1 Å². The molecule has 0 bridgehead atoms. The lowest BCUT2D eigenvalue weighted by atomic mass is 9.78. The lowest BCUT2D eigenvalue weighted by Crippen LogP contribution is -2.52. The minimum atomic E-state index is 0.0741. The van der Waals surface area contributed by atoms with Gasteiger partial charge in [0, 0.05) is 6.54 Å². The van der Waals surface area contributed by atoms with Crippen LogP contribution in [-0.4, -0.2) is 33.9 Å². The Kier molecular flexibility index (Phi) is 3.38. The summed E-state index contributed by atoms with van der Waals surface area (Å²) in [6.07, 6.45) is 0. The van der Waals surface area contributed by atoms with Crippen LogP contribution in [0.4, 0.5) is 0 Å². The SMILES string of the molecule is CNCC1(c2ccc(OC)c(Cl)c2)COC1. The lowest BCUT2D eigenvalue weighted by molar-refractivity contribution is -0.0582. The van der Waals surface area contributed by atoms with Gasteiger partial charge in [-0.2, -0.15) is 0 Å². The first-order valence-corrected chi connectivity index (χ1v) is 5.66. The molecule has 3 nitrogen and oxygen atoms in total. The van der Waals surface area contributed by atoms with Gasteiger partial charge in [-0.3, -0.25) is 0 Å². The molecule has 0 aromatic heterocycles. The molecule has 1 aliphatic heterocycles. The standard InChI is InChI=1S/C12H16ClNO2/c1-14-6-12(7-16-8-12)9-3-4-11(15-2)10(13)5-9/h3-5,14H,6-8H2,1-2H3. The number of hydrogen-bond donors (Lipinski definition) is 1. The Bertz CT molecular complexity index is 377. The molecular formula is C12H16ClNO2. The fraction of sp³-hybridized carbons (Fsp3) is 0.500. The van der Waals surface area contributed by atoms with Crippen LogP contribution in [0.25, 0.3) is 0 Å². The van der Waals surface area contributed by atoms with Gasteiger partial charge in [0.25, 0.3) is 0 Å². The van der Waals surface area contributed by atoms with Gasteiger partial charge >= 0.3 is 0 Å². The second-order valence-electron chi connectivity index (χ2n) is 4.15. The van der Waals surface area contributed by atoms with Crippen LogP contribution in [0, 0.1) is 0 Å². The maximum Gasteiger partial charge on any atom is 0.137 e. The Labute approximate surface area is 101 Å². The number of likely N-dealkylation sites (N-methyl/N-ethyl adjacent to an activating group) is 1. The minimum absolute atomic E-state index is 0.0741. The van der Waals surface area contributed by atoms with Crippen LogP contribution >= 0.6 is 11.6 Å². The van der Waals surface area contributed by atoms with E-state index in [1.54, 1.807) is 7.11 Å². The highest BCUT2D eigenvalue weighted by Gasteiger charge is 2.39. The Balaban J connectivity index is 2.29. The number of rotatable bonds is 4. The number of halogens is 1. The molecular weight excluding hydrogens is 226 g/mol. The summed E-state index contributed by atoms with van der Waals surface area (Å²) >= 11 is 6.13. The molecule has 4 heteroatoms. The third-order valence-corrected chi connectivity index (χ3v) is 3.33. The van der Waals surface area contributed by atoms with Crippen LogP contribution in [0.3, 0.4) is 0 Å². The van der Waals surface area contributed by atoms with Crippen molar-refractivity contribution in [3.8, 4) is 5.75 Å². The first kappa shape index (κ1) is 11.7. The Hall–Kier alpha value is -0.770. The third kappa shape index (κ3) is 1.90. The lowest BCUT2D eigenvalue weighted by Gasteiger charge is -2.42. The highest BCUT2D eigenvalue weighted by molar-refractivity contribution is 6.32. The van der Waals surface area contributed by atoms with E-state index in [0.717, 1.165) is 19.8 Å². The van der Waals surface area contributed by atoms with Gasteiger partial charge in [-0.15, -0.1) is 0 Å². The zero-order chi connectivity index (χ0) is 11.6. The molecule has 1 N–H and O–H groups in total. The average Bonchev–Trinajstić information content (AvgIpc) is 2.23. The molecule has 0 amide bonds. The zero-order valence-corrected chi connectivity index (χ0v) is 10.3. The van der Waals surface area contributed by atoms with E-state index < -0.39 is 0 Å². The molecule has 0 atom stereocenters. The van der Waals surface area contributed by atoms with Gasteiger partial charge < -0.3 is 14.8 Å². The van der Waals surface area contributed by atoms with Gasteiger partial charge in [-0.25, -0.2) is 0 Å². The van der Waals surface area contributed by atoms with E-state index in [1.165, 1.54) is 5.56 Å². The summed E-state index contributed by atoms with van der Waals surface area (Å²) in [7, 11) is 3.57. The molecule has 1 fully saturated rings. The second kappa shape index (κ2) is 4.62. The Morgan fingerprint density at radius 2 is 2.25 bits per heavy atom. The van der Waals surface area contributed by atoms with Crippen molar-refractivity contribution in [3.05, 3.63) is 28.8 Å². The van der Waals surface area contributed by atoms with E-state index in [9.17, 15) is 0 Å². The van der Waals surface area contributed by atoms with Gasteiger partial charge in [0.2, 0.25) is 0 Å². The first-order chi connectivity index (χ1) is 7.72. The third-order valence-electron chi connectivity index (χ3n) is 3.04. The minimum Gasteiger partial charge on any atom is -0.495 e. The summed E-state index contributed by atoms with van der Waals surface area (Å²) in [5.41, 5.74) is 1.28. The van der Waals surface area contributed by atoms with Crippen LogP contribution in [0.1, 0.15) is 5.56 Å². The van der Waals surface area contributed by atoms with E-state index in [0.29, 0.717) is 10.8 Å². The van der Waals surface area contributed by atoms with Gasteiger partial charge in [0.1, 0.15) is 5.75 Å². The predicted molar refractivity (Wildman–Crippen MR) is 64.4 cm³/mol. The van der Waals surface area contributed by atoms with E-state index in [-0.39, 0.29) is 5.41 Å². The molecule has 0 radical (unpaired) electrons. The summed E-state index contributed by atoms with van der Waals surface area (Å²) in [4.78, 5) is 0. The van der Waals surface area contributed by atoms with E-state index in [2.05, 4.69) is 11.4 Å². The van der Waals surface area contributed by atoms with E-state index >= 15 is 0 Å². The maximum absolute atomic E-state index is 6.13. The van der Waals surface area contributed by atoms with Crippen molar-refractivity contribution in [2.45, 2.75) is 5.41 Å². The van der Waals surface area contributed by atoms with Gasteiger partial charge in [-0.05, 0) is 24.7 Å². The number of benzene rings is 1. The normalized spacial score (nSPS) is 17.9.